The van der Waals surface area contributed by atoms with Crippen molar-refractivity contribution in [1.29, 1.82) is 0 Å². The lowest BCUT2D eigenvalue weighted by atomic mass is 10.0. The third kappa shape index (κ3) is 6.03. The first-order chi connectivity index (χ1) is 19.1. The number of H-pyrrole nitrogens is 1. The number of likely N-dealkylation sites (N-methyl/N-ethyl adjacent to an activating group) is 1. The summed E-state index contributed by atoms with van der Waals surface area (Å²) in [4.78, 5) is 29.3. The van der Waals surface area contributed by atoms with E-state index in [1.807, 2.05) is 24.9 Å². The monoisotopic (exact) mass is 550 g/mol. The quantitative estimate of drug-likeness (QED) is 0.484. The number of allylic oxidation sites excluding steroid dienone is 2. The van der Waals surface area contributed by atoms with Crippen molar-refractivity contribution in [2.75, 3.05) is 38.5 Å². The largest absolute Gasteiger partial charge is 0.416 e. The molecule has 3 aromatic rings. The van der Waals surface area contributed by atoms with Gasteiger partial charge in [0.1, 0.15) is 5.82 Å². The minimum absolute atomic E-state index is 0.0619. The summed E-state index contributed by atoms with van der Waals surface area (Å²) in [5.41, 5.74) is 1.26. The molecule has 0 atom stereocenters. The molecule has 8 nitrogen and oxygen atoms in total. The van der Waals surface area contributed by atoms with Crippen LogP contribution in [-0.4, -0.2) is 63.7 Å². The molecule has 0 aliphatic carbocycles. The molecule has 11 heteroatoms. The average molecular weight is 551 g/mol. The second-order valence-electron chi connectivity index (χ2n) is 10.1. The number of alkyl halides is 3. The zero-order valence-corrected chi connectivity index (χ0v) is 22.2. The van der Waals surface area contributed by atoms with Crippen molar-refractivity contribution >= 4 is 17.3 Å². The maximum Gasteiger partial charge on any atom is 0.416 e. The van der Waals surface area contributed by atoms with Crippen LogP contribution in [0.4, 0.5) is 18.9 Å². The number of hydrogen-bond acceptors (Lipinski definition) is 5. The number of halogens is 3. The number of amides is 1. The van der Waals surface area contributed by atoms with Gasteiger partial charge in [-0.25, -0.2) is 14.5 Å². The molecule has 0 spiro atoms. The molecule has 5 rings (SSSR count). The van der Waals surface area contributed by atoms with Gasteiger partial charge >= 0.3 is 11.9 Å². The Morgan fingerprint density at radius 2 is 1.88 bits per heavy atom. The highest BCUT2D eigenvalue weighted by Gasteiger charge is 2.34. The summed E-state index contributed by atoms with van der Waals surface area (Å²) in [7, 11) is 1.99. The minimum atomic E-state index is -4.56. The molecule has 3 heterocycles. The van der Waals surface area contributed by atoms with E-state index in [2.05, 4.69) is 32.3 Å². The summed E-state index contributed by atoms with van der Waals surface area (Å²) in [5.74, 6) is 6.07. The van der Waals surface area contributed by atoms with E-state index >= 15 is 0 Å². The Balaban J connectivity index is 1.35. The molecule has 0 bridgehead atoms. The molecule has 1 saturated heterocycles. The van der Waals surface area contributed by atoms with Gasteiger partial charge in [0.25, 0.3) is 5.91 Å². The molecule has 2 N–H and O–H groups in total. The first kappa shape index (κ1) is 27.4. The molecular formula is C29H29F3N6O2. The molecule has 1 fully saturated rings. The van der Waals surface area contributed by atoms with Gasteiger partial charge in [0, 0.05) is 56.0 Å². The summed E-state index contributed by atoms with van der Waals surface area (Å²) >= 11 is 0. The van der Waals surface area contributed by atoms with Crippen molar-refractivity contribution in [3.8, 4) is 11.8 Å². The summed E-state index contributed by atoms with van der Waals surface area (Å²) in [5, 5.41) is 9.03. The van der Waals surface area contributed by atoms with E-state index in [-0.39, 0.29) is 29.0 Å². The van der Waals surface area contributed by atoms with Crippen molar-refractivity contribution < 1.29 is 18.0 Å². The first-order valence-corrected chi connectivity index (χ1v) is 13.0. The predicted octanol–water partition coefficient (Wildman–Crippen LogP) is 3.74. The number of nitrogens with zero attached hydrogens (tertiary/aromatic N) is 4. The number of fused-ring (bicyclic) bond motifs is 1. The molecule has 0 saturated carbocycles. The molecular weight excluding hydrogens is 521 g/mol. The van der Waals surface area contributed by atoms with Crippen LogP contribution in [0.25, 0.3) is 5.70 Å². The third-order valence-corrected chi connectivity index (χ3v) is 7.18. The zero-order chi connectivity index (χ0) is 28.4. The number of carbonyl (C=O) groups excluding carboxylic acids is 1. The molecule has 2 aliphatic rings. The first-order valence-electron chi connectivity index (χ1n) is 13.0. The smallest absolute Gasteiger partial charge is 0.322 e. The molecule has 1 aromatic heterocycles. The van der Waals surface area contributed by atoms with Gasteiger partial charge in [-0.3, -0.25) is 9.69 Å². The zero-order valence-electron chi connectivity index (χ0n) is 22.2. The Labute approximate surface area is 229 Å². The van der Waals surface area contributed by atoms with Crippen molar-refractivity contribution in [2.24, 2.45) is 0 Å². The fourth-order valence-electron chi connectivity index (χ4n) is 4.82. The fourth-order valence-corrected chi connectivity index (χ4v) is 4.82. The Kier molecular flexibility index (Phi) is 7.65. The van der Waals surface area contributed by atoms with Gasteiger partial charge in [0.05, 0.1) is 11.3 Å². The van der Waals surface area contributed by atoms with Crippen LogP contribution in [0.1, 0.15) is 44.9 Å². The van der Waals surface area contributed by atoms with Crippen molar-refractivity contribution in [1.82, 2.24) is 24.6 Å². The van der Waals surface area contributed by atoms with Crippen LogP contribution in [0.15, 0.2) is 47.3 Å². The van der Waals surface area contributed by atoms with Gasteiger partial charge in [-0.2, -0.15) is 18.3 Å². The molecule has 2 aliphatic heterocycles. The number of aromatic amines is 1. The summed E-state index contributed by atoms with van der Waals surface area (Å²) in [6.07, 6.45) is -1.37. The number of anilines is 1. The molecule has 40 heavy (non-hydrogen) atoms. The van der Waals surface area contributed by atoms with Gasteiger partial charge in [-0.05, 0) is 61.7 Å². The van der Waals surface area contributed by atoms with E-state index in [4.69, 9.17) is 0 Å². The lowest BCUT2D eigenvalue weighted by Crippen LogP contribution is -2.44. The van der Waals surface area contributed by atoms with Crippen molar-refractivity contribution in [3.63, 3.8) is 0 Å². The Morgan fingerprint density at radius 3 is 2.62 bits per heavy atom. The molecule has 208 valence electrons. The van der Waals surface area contributed by atoms with Crippen LogP contribution >= 0.6 is 0 Å². The lowest BCUT2D eigenvalue weighted by molar-refractivity contribution is -0.138. The number of aryl methyl sites for hydroxylation is 2. The van der Waals surface area contributed by atoms with Crippen LogP contribution in [0.5, 0.6) is 0 Å². The second-order valence-corrected chi connectivity index (χ2v) is 10.1. The molecule has 2 aromatic carbocycles. The number of hydrogen-bond donors (Lipinski definition) is 2. The number of aromatic nitrogens is 3. The van der Waals surface area contributed by atoms with Crippen LogP contribution in [-0.2, 0) is 19.1 Å². The van der Waals surface area contributed by atoms with Gasteiger partial charge in [-0.15, -0.1) is 0 Å². The number of rotatable bonds is 4. The number of carbonyl (C=O) groups is 1. The van der Waals surface area contributed by atoms with Crippen LogP contribution in [0.3, 0.4) is 0 Å². The highest BCUT2D eigenvalue weighted by molar-refractivity contribution is 6.04. The summed E-state index contributed by atoms with van der Waals surface area (Å²) < 4.78 is 43.3. The highest BCUT2D eigenvalue weighted by atomic mass is 19.4. The van der Waals surface area contributed by atoms with Gasteiger partial charge in [0.2, 0.25) is 0 Å². The molecule has 0 unspecified atom stereocenters. The summed E-state index contributed by atoms with van der Waals surface area (Å²) in [6.45, 7) is 5.03. The standard InChI is InChI=1S/C29H29F3N6O2/c1-19-6-7-21(16-20(19)9-11-24-4-3-5-26-34-35-28(40)38(24)26)27(39)33-23-10-8-22(25(17-23)29(30,31)32)18-37-14-12-36(2)13-15-37/h4,6-8,10,16-17H,3,5,12-15,18H2,1-2H3,(H,33,39)(H,35,40). The van der Waals surface area contributed by atoms with E-state index < -0.39 is 17.6 Å². The molecule has 0 radical (unpaired) electrons. The minimum Gasteiger partial charge on any atom is -0.322 e. The van der Waals surface area contributed by atoms with Crippen molar-refractivity contribution in [2.45, 2.75) is 32.5 Å². The van der Waals surface area contributed by atoms with E-state index in [0.29, 0.717) is 43.0 Å². The SMILES string of the molecule is Cc1ccc(C(=O)Nc2ccc(CN3CCN(C)CC3)c(C(F)(F)F)c2)cc1C#CC1=CCCc2n[nH]c(=O)n21. The Hall–Kier alpha value is -4.14. The maximum absolute atomic E-state index is 14.0. The predicted molar refractivity (Wildman–Crippen MR) is 146 cm³/mol. The number of piperazine rings is 1. The lowest BCUT2D eigenvalue weighted by Gasteiger charge is -2.33. The van der Waals surface area contributed by atoms with E-state index in [1.54, 1.807) is 18.2 Å². The number of nitrogens with one attached hydrogen (secondary N) is 2. The van der Waals surface area contributed by atoms with Crippen molar-refractivity contribution in [3.05, 3.63) is 86.6 Å². The van der Waals surface area contributed by atoms with E-state index in [0.717, 1.165) is 24.7 Å². The van der Waals surface area contributed by atoms with Gasteiger partial charge in [0.15, 0.2) is 0 Å². The molecule has 1 amide bonds. The second kappa shape index (κ2) is 11.2. The topological polar surface area (TPSA) is 86.3 Å². The third-order valence-electron chi connectivity index (χ3n) is 7.18. The maximum atomic E-state index is 14.0. The van der Waals surface area contributed by atoms with Crippen LogP contribution < -0.4 is 11.0 Å². The normalized spacial score (nSPS) is 16.1. The van der Waals surface area contributed by atoms with Crippen LogP contribution in [0, 0.1) is 18.8 Å². The Bertz CT molecular complexity index is 1580. The van der Waals surface area contributed by atoms with Gasteiger partial charge in [-0.1, -0.05) is 24.1 Å². The number of benzene rings is 2. The Morgan fingerprint density at radius 1 is 1.10 bits per heavy atom. The summed E-state index contributed by atoms with van der Waals surface area (Å²) in [6, 6.07) is 8.85. The van der Waals surface area contributed by atoms with Crippen LogP contribution in [0.2, 0.25) is 0 Å². The highest BCUT2D eigenvalue weighted by Crippen LogP contribution is 2.34. The van der Waals surface area contributed by atoms with E-state index in [1.165, 1.54) is 16.7 Å². The fraction of sp³-hybridized carbons (Fsp3) is 0.345. The van der Waals surface area contributed by atoms with Gasteiger partial charge < -0.3 is 10.2 Å². The average Bonchev–Trinajstić information content (AvgIpc) is 3.31. The van der Waals surface area contributed by atoms with E-state index in [9.17, 15) is 22.8 Å².